The number of aromatic carboxylic acids is 1. The van der Waals surface area contributed by atoms with Crippen molar-refractivity contribution in [2.45, 2.75) is 33.0 Å². The van der Waals surface area contributed by atoms with E-state index >= 15 is 0 Å². The molecule has 1 unspecified atom stereocenters. The summed E-state index contributed by atoms with van der Waals surface area (Å²) in [6.45, 7) is 5.05. The van der Waals surface area contributed by atoms with Gasteiger partial charge >= 0.3 is 12.1 Å². The number of rotatable bonds is 5. The maximum atomic E-state index is 13.0. The van der Waals surface area contributed by atoms with Crippen LogP contribution in [0.2, 0.25) is 0 Å². The molecular weight excluding hydrogens is 411 g/mol. The van der Waals surface area contributed by atoms with Crippen LogP contribution in [0.15, 0.2) is 48.5 Å². The number of imidazole rings is 1. The van der Waals surface area contributed by atoms with Gasteiger partial charge in [0.25, 0.3) is 5.91 Å². The molecule has 9 heteroatoms. The van der Waals surface area contributed by atoms with Crippen molar-refractivity contribution >= 4 is 11.9 Å². The predicted molar refractivity (Wildman–Crippen MR) is 107 cm³/mol. The number of hydrogen-bond acceptors (Lipinski definition) is 3. The summed E-state index contributed by atoms with van der Waals surface area (Å²) < 4.78 is 40.1. The zero-order valence-corrected chi connectivity index (χ0v) is 17.0. The summed E-state index contributed by atoms with van der Waals surface area (Å²) in [5.41, 5.74) is 1.09. The Morgan fingerprint density at radius 1 is 1.03 bits per heavy atom. The van der Waals surface area contributed by atoms with Gasteiger partial charge < -0.3 is 10.4 Å². The van der Waals surface area contributed by atoms with Crippen molar-refractivity contribution in [3.05, 3.63) is 82.4 Å². The van der Waals surface area contributed by atoms with Crippen LogP contribution >= 0.6 is 0 Å². The van der Waals surface area contributed by atoms with E-state index in [2.05, 4.69) is 10.3 Å². The van der Waals surface area contributed by atoms with Crippen LogP contribution in [0.5, 0.6) is 0 Å². The van der Waals surface area contributed by atoms with Gasteiger partial charge in [0.2, 0.25) is 0 Å². The SMILES string of the molecule is Cc1nc(C)n(-c2ccc(C(F)(F)F)cc2)c1C(=O)NC(C)c1ccc(C(=O)O)cc1. The topological polar surface area (TPSA) is 84.2 Å². The van der Waals surface area contributed by atoms with E-state index < -0.39 is 29.7 Å². The molecule has 6 nitrogen and oxygen atoms in total. The van der Waals surface area contributed by atoms with Gasteiger partial charge in [0.05, 0.1) is 22.9 Å². The molecule has 0 saturated carbocycles. The molecule has 162 valence electrons. The first-order chi connectivity index (χ1) is 14.5. The molecule has 3 aromatic rings. The molecule has 0 radical (unpaired) electrons. The average Bonchev–Trinajstić information content (AvgIpc) is 3.01. The van der Waals surface area contributed by atoms with Gasteiger partial charge in [-0.05, 0) is 62.7 Å². The molecule has 31 heavy (non-hydrogen) atoms. The summed E-state index contributed by atoms with van der Waals surface area (Å²) in [4.78, 5) is 28.3. The molecule has 2 aromatic carbocycles. The van der Waals surface area contributed by atoms with Gasteiger partial charge in [-0.25, -0.2) is 9.78 Å². The van der Waals surface area contributed by atoms with Gasteiger partial charge in [0.1, 0.15) is 11.5 Å². The number of halogens is 3. The number of nitrogens with one attached hydrogen (secondary N) is 1. The Morgan fingerprint density at radius 2 is 1.61 bits per heavy atom. The Balaban J connectivity index is 1.89. The fourth-order valence-electron chi connectivity index (χ4n) is 3.31. The van der Waals surface area contributed by atoms with Crippen LogP contribution in [0, 0.1) is 13.8 Å². The fraction of sp³-hybridized carbons (Fsp3) is 0.227. The maximum Gasteiger partial charge on any atom is 0.416 e. The number of amides is 1. The number of carboxylic acids is 1. The molecule has 0 aliphatic carbocycles. The average molecular weight is 431 g/mol. The summed E-state index contributed by atoms with van der Waals surface area (Å²) in [5.74, 6) is -1.04. The Kier molecular flexibility index (Phi) is 5.88. The van der Waals surface area contributed by atoms with Crippen molar-refractivity contribution in [1.29, 1.82) is 0 Å². The number of benzene rings is 2. The number of carboxylic acid groups (broad SMARTS) is 1. The predicted octanol–water partition coefficient (Wildman–Crippen LogP) is 4.70. The van der Waals surface area contributed by atoms with Gasteiger partial charge in [-0.3, -0.25) is 9.36 Å². The molecule has 1 aromatic heterocycles. The Labute approximate surface area is 176 Å². The Bertz CT molecular complexity index is 1120. The molecule has 0 saturated heterocycles. The summed E-state index contributed by atoms with van der Waals surface area (Å²) in [6.07, 6.45) is -4.45. The van der Waals surface area contributed by atoms with Gasteiger partial charge in [-0.2, -0.15) is 13.2 Å². The van der Waals surface area contributed by atoms with E-state index in [4.69, 9.17) is 5.11 Å². The van der Waals surface area contributed by atoms with E-state index in [0.29, 0.717) is 22.8 Å². The van der Waals surface area contributed by atoms with Crippen LogP contribution in [-0.4, -0.2) is 26.5 Å². The third-order valence-electron chi connectivity index (χ3n) is 4.89. The van der Waals surface area contributed by atoms with E-state index in [0.717, 1.165) is 12.1 Å². The monoisotopic (exact) mass is 431 g/mol. The molecular formula is C22H20F3N3O3. The highest BCUT2D eigenvalue weighted by molar-refractivity contribution is 5.94. The van der Waals surface area contributed by atoms with Crippen LogP contribution in [0.25, 0.3) is 5.69 Å². The van der Waals surface area contributed by atoms with Gasteiger partial charge in [0, 0.05) is 5.69 Å². The lowest BCUT2D eigenvalue weighted by molar-refractivity contribution is -0.137. The fourth-order valence-corrected chi connectivity index (χ4v) is 3.31. The van der Waals surface area contributed by atoms with Crippen molar-refractivity contribution < 1.29 is 27.9 Å². The molecule has 2 N–H and O–H groups in total. The van der Waals surface area contributed by atoms with Crippen LogP contribution in [0.1, 0.15) is 56.5 Å². The van der Waals surface area contributed by atoms with Crippen molar-refractivity contribution in [2.75, 3.05) is 0 Å². The molecule has 1 amide bonds. The minimum Gasteiger partial charge on any atom is -0.478 e. The van der Waals surface area contributed by atoms with E-state index in [9.17, 15) is 22.8 Å². The smallest absolute Gasteiger partial charge is 0.416 e. The second kappa shape index (κ2) is 8.25. The summed E-state index contributed by atoms with van der Waals surface area (Å²) in [7, 11) is 0. The first-order valence-corrected chi connectivity index (χ1v) is 9.36. The van der Waals surface area contributed by atoms with E-state index in [1.54, 1.807) is 32.9 Å². The highest BCUT2D eigenvalue weighted by Gasteiger charge is 2.30. The minimum absolute atomic E-state index is 0.133. The second-order valence-corrected chi connectivity index (χ2v) is 7.10. The number of aromatic nitrogens is 2. The molecule has 1 atom stereocenters. The molecule has 3 rings (SSSR count). The van der Waals surface area contributed by atoms with Crippen LogP contribution in [0.4, 0.5) is 13.2 Å². The zero-order chi connectivity index (χ0) is 22.9. The van der Waals surface area contributed by atoms with Crippen molar-refractivity contribution in [3.8, 4) is 5.69 Å². The number of nitrogens with zero attached hydrogens (tertiary/aromatic N) is 2. The number of hydrogen-bond donors (Lipinski definition) is 2. The highest BCUT2D eigenvalue weighted by atomic mass is 19.4. The van der Waals surface area contributed by atoms with Gasteiger partial charge in [-0.1, -0.05) is 12.1 Å². The summed E-state index contributed by atoms with van der Waals surface area (Å²) >= 11 is 0. The molecule has 0 aliphatic rings. The number of carbonyl (C=O) groups excluding carboxylic acids is 1. The quantitative estimate of drug-likeness (QED) is 0.614. The lowest BCUT2D eigenvalue weighted by Gasteiger charge is -2.17. The maximum absolute atomic E-state index is 13.0. The number of alkyl halides is 3. The van der Waals surface area contributed by atoms with Crippen molar-refractivity contribution in [3.63, 3.8) is 0 Å². The Morgan fingerprint density at radius 3 is 2.13 bits per heavy atom. The first kappa shape index (κ1) is 22.1. The first-order valence-electron chi connectivity index (χ1n) is 9.36. The van der Waals surface area contributed by atoms with E-state index in [1.807, 2.05) is 0 Å². The lowest BCUT2D eigenvalue weighted by atomic mass is 10.1. The third-order valence-corrected chi connectivity index (χ3v) is 4.89. The van der Waals surface area contributed by atoms with Crippen molar-refractivity contribution in [1.82, 2.24) is 14.9 Å². The molecule has 0 fully saturated rings. The van der Waals surface area contributed by atoms with Crippen molar-refractivity contribution in [2.24, 2.45) is 0 Å². The van der Waals surface area contributed by atoms with E-state index in [-0.39, 0.29) is 11.3 Å². The van der Waals surface area contributed by atoms with Gasteiger partial charge in [0.15, 0.2) is 0 Å². The number of carbonyl (C=O) groups is 2. The van der Waals surface area contributed by atoms with Crippen LogP contribution in [-0.2, 0) is 6.18 Å². The zero-order valence-electron chi connectivity index (χ0n) is 17.0. The lowest BCUT2D eigenvalue weighted by Crippen LogP contribution is -2.29. The number of aryl methyl sites for hydroxylation is 2. The summed E-state index contributed by atoms with van der Waals surface area (Å²) in [5, 5.41) is 11.8. The minimum atomic E-state index is -4.45. The standard InChI is InChI=1S/C22H20F3N3O3/c1-12(15-4-6-16(7-5-15)21(30)31)27-20(29)19-13(2)26-14(3)28(19)18-10-8-17(9-11-18)22(23,24)25/h4-12H,1-3H3,(H,27,29)(H,30,31). The van der Waals surface area contributed by atoms with Gasteiger partial charge in [-0.15, -0.1) is 0 Å². The molecule has 0 aliphatic heterocycles. The molecule has 0 bridgehead atoms. The summed E-state index contributed by atoms with van der Waals surface area (Å²) in [6, 6.07) is 10.2. The van der Waals surface area contributed by atoms with Crippen LogP contribution < -0.4 is 5.32 Å². The van der Waals surface area contributed by atoms with E-state index in [1.165, 1.54) is 28.8 Å². The normalized spacial score (nSPS) is 12.5. The Hall–Kier alpha value is -3.62. The second-order valence-electron chi connectivity index (χ2n) is 7.10. The largest absolute Gasteiger partial charge is 0.478 e. The molecule has 1 heterocycles. The molecule has 0 spiro atoms. The van der Waals surface area contributed by atoms with Crippen LogP contribution in [0.3, 0.4) is 0 Å². The highest BCUT2D eigenvalue weighted by Crippen LogP contribution is 2.30. The third kappa shape index (κ3) is 4.60.